The Morgan fingerprint density at radius 2 is 1.58 bits per heavy atom. The molecule has 314 valence electrons. The summed E-state index contributed by atoms with van der Waals surface area (Å²) in [5, 5.41) is 15.1. The van der Waals surface area contributed by atoms with Gasteiger partial charge in [-0.05, 0) is 74.9 Å². The van der Waals surface area contributed by atoms with Gasteiger partial charge in [0.05, 0.1) is 21.7 Å². The number of rotatable bonds is 12. The van der Waals surface area contributed by atoms with Crippen LogP contribution in [0.5, 0.6) is 11.5 Å². The normalized spacial score (nSPS) is 25.5. The molecule has 60 heavy (non-hydrogen) atoms. The number of hydrogen-bond donors (Lipinski definition) is 2. The molecule has 1 atom stereocenters. The number of benzene rings is 3. The highest BCUT2D eigenvalue weighted by molar-refractivity contribution is 6.31. The molecule has 14 heteroatoms. The summed E-state index contributed by atoms with van der Waals surface area (Å²) in [6, 6.07) is 19.4. The van der Waals surface area contributed by atoms with Gasteiger partial charge < -0.3 is 19.7 Å². The van der Waals surface area contributed by atoms with E-state index in [4.69, 9.17) is 21.1 Å². The van der Waals surface area contributed by atoms with Crippen LogP contribution in [0.1, 0.15) is 104 Å². The van der Waals surface area contributed by atoms with Crippen molar-refractivity contribution >= 4 is 46.8 Å². The monoisotopic (exact) mass is 834 g/mol. The fourth-order valence-corrected chi connectivity index (χ4v) is 10.4. The zero-order valence-electron chi connectivity index (χ0n) is 34.8. The van der Waals surface area contributed by atoms with Crippen LogP contribution in [-0.4, -0.2) is 95.3 Å². The van der Waals surface area contributed by atoms with Gasteiger partial charge in [0.1, 0.15) is 35.8 Å². The number of carbonyl (C=O) groups excluding carboxylic acids is 5. The lowest BCUT2D eigenvalue weighted by atomic mass is 9.49. The van der Waals surface area contributed by atoms with E-state index in [1.807, 2.05) is 24.3 Å². The molecule has 0 bridgehead atoms. The number of fused-ring (bicyclic) bond motifs is 1. The first-order valence-corrected chi connectivity index (χ1v) is 21.1. The first-order valence-electron chi connectivity index (χ1n) is 20.8. The highest BCUT2D eigenvalue weighted by Gasteiger charge is 2.64. The second-order valence-corrected chi connectivity index (χ2v) is 18.8. The highest BCUT2D eigenvalue weighted by Crippen LogP contribution is 2.55. The van der Waals surface area contributed by atoms with Crippen LogP contribution in [0.25, 0.3) is 0 Å². The number of imide groups is 2. The maximum absolute atomic E-state index is 13.5. The van der Waals surface area contributed by atoms with Crippen molar-refractivity contribution in [2.75, 3.05) is 24.5 Å². The maximum atomic E-state index is 13.5. The molecule has 1 unspecified atom stereocenters. The van der Waals surface area contributed by atoms with Gasteiger partial charge in [-0.2, -0.15) is 5.26 Å². The average molecular weight is 835 g/mol. The topological polar surface area (TPSA) is 161 Å². The molecule has 0 radical (unpaired) electrons. The molecule has 5 aliphatic rings. The van der Waals surface area contributed by atoms with Crippen molar-refractivity contribution in [1.29, 1.82) is 5.26 Å². The molecule has 3 aromatic carbocycles. The van der Waals surface area contributed by atoms with Crippen LogP contribution in [0.2, 0.25) is 5.02 Å². The van der Waals surface area contributed by atoms with E-state index in [2.05, 4.69) is 68.0 Å². The Morgan fingerprint density at radius 3 is 2.22 bits per heavy atom. The summed E-state index contributed by atoms with van der Waals surface area (Å²) in [6.45, 7) is 15.6. The fraction of sp³-hybridized carbons (Fsp3) is 0.478. The summed E-state index contributed by atoms with van der Waals surface area (Å²) >= 11 is 6.25. The van der Waals surface area contributed by atoms with Crippen molar-refractivity contribution in [3.05, 3.63) is 87.9 Å². The number of amides is 5. The van der Waals surface area contributed by atoms with Crippen molar-refractivity contribution in [2.24, 2.45) is 16.7 Å². The Balaban J connectivity index is 0.798. The van der Waals surface area contributed by atoms with E-state index in [1.54, 1.807) is 36.4 Å². The van der Waals surface area contributed by atoms with Gasteiger partial charge in [0, 0.05) is 91.1 Å². The van der Waals surface area contributed by atoms with Crippen molar-refractivity contribution in [2.45, 2.75) is 104 Å². The Labute approximate surface area is 355 Å². The number of ether oxygens (including phenoxy) is 2. The van der Waals surface area contributed by atoms with Crippen LogP contribution in [0.3, 0.4) is 0 Å². The molecule has 0 aromatic heterocycles. The molecule has 5 amide bonds. The summed E-state index contributed by atoms with van der Waals surface area (Å²) in [5.41, 5.74) is 1.81. The van der Waals surface area contributed by atoms with E-state index >= 15 is 0 Å². The van der Waals surface area contributed by atoms with Crippen LogP contribution >= 0.6 is 11.6 Å². The van der Waals surface area contributed by atoms with E-state index in [0.29, 0.717) is 45.7 Å². The van der Waals surface area contributed by atoms with Crippen molar-refractivity contribution in [3.8, 4) is 17.6 Å². The summed E-state index contributed by atoms with van der Waals surface area (Å²) < 4.78 is 12.7. The summed E-state index contributed by atoms with van der Waals surface area (Å²) in [5.74, 6) is -0.638. The highest BCUT2D eigenvalue weighted by atomic mass is 35.5. The zero-order valence-corrected chi connectivity index (χ0v) is 35.5. The van der Waals surface area contributed by atoms with Crippen LogP contribution in [-0.2, 0) is 9.59 Å². The molecule has 2 saturated carbocycles. The van der Waals surface area contributed by atoms with Crippen molar-refractivity contribution in [3.63, 3.8) is 0 Å². The van der Waals surface area contributed by atoms with Gasteiger partial charge in [0.2, 0.25) is 11.8 Å². The van der Waals surface area contributed by atoms with Crippen LogP contribution in [0.4, 0.5) is 5.69 Å². The second-order valence-electron chi connectivity index (χ2n) is 18.4. The molecule has 3 aliphatic heterocycles. The lowest BCUT2D eigenvalue weighted by molar-refractivity contribution is -0.164. The molecule has 4 fully saturated rings. The fourth-order valence-electron chi connectivity index (χ4n) is 10.2. The molecule has 2 aliphatic carbocycles. The predicted octanol–water partition coefficient (Wildman–Crippen LogP) is 5.98. The van der Waals surface area contributed by atoms with Gasteiger partial charge >= 0.3 is 0 Å². The molecular weight excluding hydrogens is 784 g/mol. The van der Waals surface area contributed by atoms with E-state index < -0.39 is 29.7 Å². The molecular formula is C46H51ClN6O7. The number of piperidine rings is 1. The molecule has 8 rings (SSSR count). The Morgan fingerprint density at radius 1 is 0.933 bits per heavy atom. The summed E-state index contributed by atoms with van der Waals surface area (Å²) in [6.07, 6.45) is 1.67. The number of hydrogen-bond acceptors (Lipinski definition) is 10. The molecule has 3 heterocycles. The quantitative estimate of drug-likeness (QED) is 0.208. The van der Waals surface area contributed by atoms with E-state index in [0.717, 1.165) is 43.1 Å². The third-order valence-electron chi connectivity index (χ3n) is 13.3. The van der Waals surface area contributed by atoms with Gasteiger partial charge in [-0.15, -0.1) is 0 Å². The first kappa shape index (κ1) is 41.3. The summed E-state index contributed by atoms with van der Waals surface area (Å²) in [7, 11) is 0. The van der Waals surface area contributed by atoms with Crippen LogP contribution < -0.4 is 25.0 Å². The number of carbonyl (C=O) groups is 5. The summed E-state index contributed by atoms with van der Waals surface area (Å²) in [4.78, 5) is 69.8. The molecule has 3 aromatic rings. The predicted molar refractivity (Wildman–Crippen MR) is 224 cm³/mol. The third-order valence-corrected chi connectivity index (χ3v) is 13.6. The van der Waals surface area contributed by atoms with Gasteiger partial charge in [0.25, 0.3) is 17.7 Å². The van der Waals surface area contributed by atoms with Gasteiger partial charge in [0.15, 0.2) is 0 Å². The smallest absolute Gasteiger partial charge is 0.262 e. The lowest BCUT2D eigenvalue weighted by Crippen LogP contribution is -2.74. The zero-order chi connectivity index (χ0) is 42.8. The minimum absolute atomic E-state index is 0.0222. The van der Waals surface area contributed by atoms with Crippen molar-refractivity contribution < 1.29 is 33.4 Å². The number of halogens is 1. The molecule has 0 spiro atoms. The average Bonchev–Trinajstić information content (AvgIpc) is 3.41. The molecule has 2 N–H and O–H groups in total. The number of anilines is 1. The Hall–Kier alpha value is -5.45. The third kappa shape index (κ3) is 7.38. The first-order chi connectivity index (χ1) is 28.5. The minimum Gasteiger partial charge on any atom is -0.490 e. The molecule has 2 saturated heterocycles. The van der Waals surface area contributed by atoms with Crippen LogP contribution in [0, 0.1) is 28.1 Å². The number of nitrogens with zero attached hydrogens (tertiary/aromatic N) is 4. The maximum Gasteiger partial charge on any atom is 0.262 e. The minimum atomic E-state index is -1.00. The SMILES string of the molecule is CC(C)N(CC1CN(c2ccc(C(=O)NC3C(C)(C)C(Oc4ccc(C#N)c(Cl)c4)C3(C)C)cc2)C1)C1CC(Oc2ccc3c(c2)C(=O)N(C2CCC(=O)NC2=O)C3=O)C1. The van der Waals surface area contributed by atoms with Crippen LogP contribution in [0.15, 0.2) is 60.7 Å². The number of nitriles is 1. The Bertz CT molecular complexity index is 2280. The van der Waals surface area contributed by atoms with E-state index in [1.165, 1.54) is 0 Å². The Kier molecular flexibility index (Phi) is 10.7. The van der Waals surface area contributed by atoms with E-state index in [-0.39, 0.29) is 59.0 Å². The van der Waals surface area contributed by atoms with Gasteiger partial charge in [-0.1, -0.05) is 39.3 Å². The van der Waals surface area contributed by atoms with Gasteiger partial charge in [-0.3, -0.25) is 39.1 Å². The lowest BCUT2D eigenvalue weighted by Gasteiger charge is -2.63. The second kappa shape index (κ2) is 15.5. The van der Waals surface area contributed by atoms with E-state index in [9.17, 15) is 29.2 Å². The molecule has 13 nitrogen and oxygen atoms in total. The van der Waals surface area contributed by atoms with Gasteiger partial charge in [-0.25, -0.2) is 0 Å². The van der Waals surface area contributed by atoms with Crippen molar-refractivity contribution in [1.82, 2.24) is 20.4 Å². The standard InChI is InChI=1S/C46H51ClN6O7/c1-25(2)52(30-17-33(18-30)59-31-13-14-34-35(19-31)42(58)53(41(34)57)37-15-16-38(54)49-40(37)56)24-26-22-51(23-26)29-10-7-27(8-11-29)39(55)50-43-45(3,4)44(46(43,5)6)60-32-12-9-28(21-48)36(47)20-32/h7-14,19-20,25-26,30,33,37,43-44H,15-18,22-24H2,1-6H3,(H,50,55)(H,49,54,56). The largest absolute Gasteiger partial charge is 0.490 e. The number of nitrogens with one attached hydrogen (secondary N) is 2.